The van der Waals surface area contributed by atoms with Gasteiger partial charge in [0.25, 0.3) is 0 Å². The van der Waals surface area contributed by atoms with Gasteiger partial charge in [-0.2, -0.15) is 0 Å². The normalized spacial score (nSPS) is 9.56. The Hall–Kier alpha value is -0.830. The van der Waals surface area contributed by atoms with Gasteiger partial charge < -0.3 is 4.42 Å². The maximum absolute atomic E-state index is 10.5. The van der Waals surface area contributed by atoms with E-state index in [2.05, 4.69) is 9.40 Å². The smallest absolute Gasteiger partial charge is 0.357 e. The van der Waals surface area contributed by atoms with Crippen molar-refractivity contribution >= 4 is 11.6 Å². The molecule has 1 rings (SSSR count). The molecule has 0 radical (unpaired) electrons. The molecule has 0 unspecified atom stereocenters. The van der Waals surface area contributed by atoms with Gasteiger partial charge >= 0.3 is 5.63 Å². The molecule has 1 heterocycles. The molecule has 0 atom stereocenters. The third-order valence-electron chi connectivity index (χ3n) is 0.833. The van der Waals surface area contributed by atoms with Gasteiger partial charge in [-0.15, -0.1) is 0 Å². The number of rotatable bonds is 0. The maximum atomic E-state index is 10.5. The zero-order valence-electron chi connectivity index (χ0n) is 4.72. The van der Waals surface area contributed by atoms with Crippen molar-refractivity contribution in [3.63, 3.8) is 0 Å². The first-order chi connectivity index (χ1) is 4.20. The summed E-state index contributed by atoms with van der Waals surface area (Å²) in [5.41, 5.74) is -0.165. The predicted molar refractivity (Wildman–Crippen MR) is 32.5 cm³/mol. The van der Waals surface area contributed by atoms with Gasteiger partial charge in [0.05, 0.1) is 0 Å². The summed E-state index contributed by atoms with van der Waals surface area (Å²) in [6.45, 7) is 1.54. The Morgan fingerprint density at radius 1 is 1.78 bits per heavy atom. The van der Waals surface area contributed by atoms with Crippen LogP contribution in [0.25, 0.3) is 0 Å². The van der Waals surface area contributed by atoms with Gasteiger partial charge in [-0.1, -0.05) is 11.6 Å². The molecule has 0 aromatic carbocycles. The summed E-state index contributed by atoms with van der Waals surface area (Å²) in [6.07, 6.45) is 1.11. The Balaban J connectivity index is 3.34. The second kappa shape index (κ2) is 2.19. The predicted octanol–water partition coefficient (Wildman–Crippen LogP) is 0.997. The zero-order chi connectivity index (χ0) is 6.85. The average Bonchev–Trinajstić information content (AvgIpc) is 1.80. The zero-order valence-corrected chi connectivity index (χ0v) is 5.47. The van der Waals surface area contributed by atoms with Gasteiger partial charge in [-0.05, 0) is 6.92 Å². The van der Waals surface area contributed by atoms with E-state index in [0.29, 0.717) is 0 Å². The fourth-order valence-corrected chi connectivity index (χ4v) is 0.591. The molecule has 0 saturated carbocycles. The van der Waals surface area contributed by atoms with Gasteiger partial charge in [0.1, 0.15) is 12.0 Å². The molecule has 1 aromatic rings. The SMILES string of the molecule is Cc1nc(Cl)coc1=O. The molecule has 0 fully saturated rings. The van der Waals surface area contributed by atoms with E-state index in [0.717, 1.165) is 6.26 Å². The summed E-state index contributed by atoms with van der Waals surface area (Å²) in [5.74, 6) is 0. The van der Waals surface area contributed by atoms with Gasteiger partial charge in [0, 0.05) is 0 Å². The Kier molecular flexibility index (Phi) is 1.53. The number of halogens is 1. The van der Waals surface area contributed by atoms with Crippen molar-refractivity contribution in [3.05, 3.63) is 27.5 Å². The summed E-state index contributed by atoms with van der Waals surface area (Å²) in [6, 6.07) is 0. The van der Waals surface area contributed by atoms with Crippen LogP contribution >= 0.6 is 11.6 Å². The van der Waals surface area contributed by atoms with Gasteiger partial charge in [-0.3, -0.25) is 0 Å². The number of nitrogens with zero attached hydrogens (tertiary/aromatic N) is 1. The highest BCUT2D eigenvalue weighted by Gasteiger charge is 1.95. The first kappa shape index (κ1) is 6.29. The van der Waals surface area contributed by atoms with Crippen LogP contribution in [0.1, 0.15) is 5.69 Å². The van der Waals surface area contributed by atoms with Crippen molar-refractivity contribution < 1.29 is 4.42 Å². The molecule has 0 bridgehead atoms. The Morgan fingerprint density at radius 3 is 2.89 bits per heavy atom. The van der Waals surface area contributed by atoms with Crippen LogP contribution in [0.3, 0.4) is 0 Å². The fraction of sp³-hybridized carbons (Fsp3) is 0.200. The lowest BCUT2D eigenvalue weighted by Crippen LogP contribution is -2.04. The minimum absolute atomic E-state index is 0.201. The highest BCUT2D eigenvalue weighted by Crippen LogP contribution is 1.98. The molecule has 1 aromatic heterocycles. The van der Waals surface area contributed by atoms with E-state index in [1.165, 1.54) is 6.92 Å². The summed E-state index contributed by atoms with van der Waals surface area (Å²) in [4.78, 5) is 14.1. The standard InChI is InChI=1S/C5H4ClNO2/c1-3-5(8)9-2-4(6)7-3/h2H,1H3. The van der Waals surface area contributed by atoms with Crippen LogP contribution in [0.2, 0.25) is 5.15 Å². The Labute approximate surface area is 56.3 Å². The molecular formula is C5H4ClNO2. The molecule has 0 aliphatic carbocycles. The molecule has 0 aliphatic rings. The lowest BCUT2D eigenvalue weighted by Gasteiger charge is -1.86. The van der Waals surface area contributed by atoms with Gasteiger partial charge in [0.15, 0.2) is 5.15 Å². The average molecular weight is 146 g/mol. The number of hydrogen-bond donors (Lipinski definition) is 0. The maximum Gasteiger partial charge on any atom is 0.357 e. The van der Waals surface area contributed by atoms with Crippen molar-refractivity contribution in [2.45, 2.75) is 6.92 Å². The second-order valence-electron chi connectivity index (χ2n) is 1.54. The van der Waals surface area contributed by atoms with Crippen molar-refractivity contribution in [1.29, 1.82) is 0 Å². The van der Waals surface area contributed by atoms with Crippen LogP contribution in [-0.4, -0.2) is 4.98 Å². The molecule has 0 amide bonds. The quantitative estimate of drug-likeness (QED) is 0.547. The summed E-state index contributed by atoms with van der Waals surface area (Å²) in [7, 11) is 0. The van der Waals surface area contributed by atoms with Gasteiger partial charge in [-0.25, -0.2) is 9.78 Å². The second-order valence-corrected chi connectivity index (χ2v) is 1.93. The van der Waals surface area contributed by atoms with E-state index in [1.54, 1.807) is 0 Å². The molecule has 48 valence electrons. The van der Waals surface area contributed by atoms with Crippen LogP contribution in [0.5, 0.6) is 0 Å². The minimum atomic E-state index is -0.445. The van der Waals surface area contributed by atoms with E-state index >= 15 is 0 Å². The highest BCUT2D eigenvalue weighted by molar-refractivity contribution is 6.29. The summed E-state index contributed by atoms with van der Waals surface area (Å²) < 4.78 is 4.44. The van der Waals surface area contributed by atoms with Crippen LogP contribution in [0, 0.1) is 6.92 Å². The number of hydrogen-bond acceptors (Lipinski definition) is 3. The number of aryl methyl sites for hydroxylation is 1. The molecule has 3 nitrogen and oxygen atoms in total. The van der Waals surface area contributed by atoms with Crippen molar-refractivity contribution in [2.24, 2.45) is 0 Å². The van der Waals surface area contributed by atoms with E-state index < -0.39 is 5.63 Å². The van der Waals surface area contributed by atoms with E-state index in [9.17, 15) is 4.79 Å². The van der Waals surface area contributed by atoms with E-state index in [4.69, 9.17) is 11.6 Å². The van der Waals surface area contributed by atoms with Crippen molar-refractivity contribution in [3.8, 4) is 0 Å². The first-order valence-corrected chi connectivity index (χ1v) is 2.70. The van der Waals surface area contributed by atoms with Crippen LogP contribution < -0.4 is 5.63 Å². The lowest BCUT2D eigenvalue weighted by molar-refractivity contribution is 0.496. The molecule has 0 N–H and O–H groups in total. The van der Waals surface area contributed by atoms with Crippen LogP contribution in [0.15, 0.2) is 15.5 Å². The molecule has 9 heavy (non-hydrogen) atoms. The van der Waals surface area contributed by atoms with Crippen LogP contribution in [0.4, 0.5) is 0 Å². The van der Waals surface area contributed by atoms with E-state index in [1.807, 2.05) is 0 Å². The first-order valence-electron chi connectivity index (χ1n) is 2.32. The highest BCUT2D eigenvalue weighted by atomic mass is 35.5. The third-order valence-corrected chi connectivity index (χ3v) is 1.01. The largest absolute Gasteiger partial charge is 0.427 e. The monoisotopic (exact) mass is 145 g/mol. The number of aromatic nitrogens is 1. The molecule has 4 heteroatoms. The minimum Gasteiger partial charge on any atom is -0.427 e. The molecule has 0 saturated heterocycles. The van der Waals surface area contributed by atoms with Crippen molar-refractivity contribution in [2.75, 3.05) is 0 Å². The molecule has 0 spiro atoms. The fourth-order valence-electron chi connectivity index (χ4n) is 0.420. The Bertz CT molecular complexity index is 268. The molecule has 0 aliphatic heterocycles. The topological polar surface area (TPSA) is 43.1 Å². The summed E-state index contributed by atoms with van der Waals surface area (Å²) in [5, 5.41) is 0.201. The third kappa shape index (κ3) is 1.29. The Morgan fingerprint density at radius 2 is 2.44 bits per heavy atom. The lowest BCUT2D eigenvalue weighted by atomic mass is 10.5. The molecular weight excluding hydrogens is 142 g/mol. The van der Waals surface area contributed by atoms with Gasteiger partial charge in [0.2, 0.25) is 0 Å². The summed E-state index contributed by atoms with van der Waals surface area (Å²) >= 11 is 5.37. The van der Waals surface area contributed by atoms with E-state index in [-0.39, 0.29) is 10.8 Å². The van der Waals surface area contributed by atoms with Crippen LogP contribution in [-0.2, 0) is 0 Å². The van der Waals surface area contributed by atoms with Crippen molar-refractivity contribution in [1.82, 2.24) is 4.98 Å².